The highest BCUT2D eigenvalue weighted by Crippen LogP contribution is 2.04. The summed E-state index contributed by atoms with van der Waals surface area (Å²) in [6, 6.07) is 1.57. The molecule has 0 fully saturated rings. The fraction of sp³-hybridized carbons (Fsp3) is 0.333. The van der Waals surface area contributed by atoms with Crippen LogP contribution in [-0.2, 0) is 16.8 Å². The highest BCUT2D eigenvalue weighted by molar-refractivity contribution is 7.78. The van der Waals surface area contributed by atoms with Crippen molar-refractivity contribution in [3.05, 3.63) is 18.1 Å². The second-order valence-electron chi connectivity index (χ2n) is 1.98. The van der Waals surface area contributed by atoms with Crippen LogP contribution in [0.4, 0.5) is 0 Å². The molecule has 0 saturated carbocycles. The van der Waals surface area contributed by atoms with E-state index in [1.165, 1.54) is 13.3 Å². The van der Waals surface area contributed by atoms with E-state index in [9.17, 15) is 4.21 Å². The van der Waals surface area contributed by atoms with Crippen molar-refractivity contribution in [3.8, 4) is 5.88 Å². The van der Waals surface area contributed by atoms with E-state index in [1.54, 1.807) is 6.07 Å². The number of hydrogen-bond acceptors (Lipinski definition) is 4. The third-order valence-corrected chi connectivity index (χ3v) is 1.65. The van der Waals surface area contributed by atoms with Gasteiger partial charge >= 0.3 is 0 Å². The summed E-state index contributed by atoms with van der Waals surface area (Å²) in [5, 5.41) is 0. The van der Waals surface area contributed by atoms with E-state index < -0.39 is 11.1 Å². The number of nitrogens with zero attached hydrogens (tertiary/aromatic N) is 2. The van der Waals surface area contributed by atoms with Crippen LogP contribution in [0.3, 0.4) is 0 Å². The Morgan fingerprint density at radius 3 is 3.08 bits per heavy atom. The summed E-state index contributed by atoms with van der Waals surface area (Å²) < 4.78 is 23.7. The minimum absolute atomic E-state index is 0.0722. The monoisotopic (exact) mass is 188 g/mol. The summed E-state index contributed by atoms with van der Waals surface area (Å²) in [6.07, 6.45) is 1.48. The van der Waals surface area contributed by atoms with Crippen molar-refractivity contribution >= 4 is 11.1 Å². The Kier molecular flexibility index (Phi) is 3.12. The molecule has 0 spiro atoms. The normalized spacial score (nSPS) is 12.5. The Morgan fingerprint density at radius 1 is 1.75 bits per heavy atom. The SMILES string of the molecule is COc1ccnc(CS(=O)O)n1. The van der Waals surface area contributed by atoms with Crippen molar-refractivity contribution in [1.82, 2.24) is 9.97 Å². The molecule has 0 radical (unpaired) electrons. The van der Waals surface area contributed by atoms with Gasteiger partial charge in [-0.3, -0.25) is 0 Å². The first kappa shape index (κ1) is 9.08. The summed E-state index contributed by atoms with van der Waals surface area (Å²) in [5.74, 6) is 0.623. The van der Waals surface area contributed by atoms with Gasteiger partial charge < -0.3 is 9.29 Å². The Balaban J connectivity index is 2.79. The summed E-state index contributed by atoms with van der Waals surface area (Å²) in [6.45, 7) is 0. The molecule has 1 unspecified atom stereocenters. The molecule has 0 aliphatic carbocycles. The first-order valence-electron chi connectivity index (χ1n) is 3.15. The lowest BCUT2D eigenvalue weighted by atomic mass is 10.6. The van der Waals surface area contributed by atoms with Gasteiger partial charge in [0.1, 0.15) is 11.6 Å². The number of hydrogen-bond donors (Lipinski definition) is 1. The van der Waals surface area contributed by atoms with Crippen LogP contribution >= 0.6 is 0 Å². The molecule has 0 aromatic carbocycles. The Morgan fingerprint density at radius 2 is 2.50 bits per heavy atom. The van der Waals surface area contributed by atoms with Gasteiger partial charge in [-0.1, -0.05) is 0 Å². The molecule has 66 valence electrons. The average Bonchev–Trinajstić information content (AvgIpc) is 2.03. The molecule has 12 heavy (non-hydrogen) atoms. The van der Waals surface area contributed by atoms with Crippen molar-refractivity contribution in [2.24, 2.45) is 0 Å². The Labute approximate surface area is 72.1 Å². The van der Waals surface area contributed by atoms with E-state index in [4.69, 9.17) is 9.29 Å². The van der Waals surface area contributed by atoms with Crippen molar-refractivity contribution in [1.29, 1.82) is 0 Å². The lowest BCUT2D eigenvalue weighted by Crippen LogP contribution is -2.00. The summed E-state index contributed by atoms with van der Waals surface area (Å²) >= 11 is -1.91. The smallest absolute Gasteiger partial charge is 0.216 e. The van der Waals surface area contributed by atoms with E-state index in [0.717, 1.165) is 0 Å². The second kappa shape index (κ2) is 4.13. The zero-order valence-electron chi connectivity index (χ0n) is 6.43. The second-order valence-corrected chi connectivity index (χ2v) is 2.91. The maximum atomic E-state index is 10.4. The first-order chi connectivity index (χ1) is 5.72. The van der Waals surface area contributed by atoms with Crippen molar-refractivity contribution in [3.63, 3.8) is 0 Å². The van der Waals surface area contributed by atoms with Crippen LogP contribution in [0.5, 0.6) is 5.88 Å². The Hall–Kier alpha value is -1.01. The third kappa shape index (κ3) is 2.55. The van der Waals surface area contributed by atoms with Crippen LogP contribution in [-0.4, -0.2) is 25.8 Å². The molecule has 5 nitrogen and oxygen atoms in total. The van der Waals surface area contributed by atoms with Crippen molar-refractivity contribution in [2.75, 3.05) is 7.11 Å². The highest BCUT2D eigenvalue weighted by Gasteiger charge is 2.01. The standard InChI is InChI=1S/C6H8N2O3S/c1-11-6-2-3-7-5(8-6)4-12(9)10/h2-3H,4H2,1H3,(H,9,10). The zero-order chi connectivity index (χ0) is 8.97. The molecular weight excluding hydrogens is 180 g/mol. The molecule has 1 aromatic rings. The molecule has 6 heteroatoms. The molecule has 0 bridgehead atoms. The minimum Gasteiger partial charge on any atom is -0.481 e. The van der Waals surface area contributed by atoms with Gasteiger partial charge in [-0.05, 0) is 0 Å². The number of ether oxygens (including phenoxy) is 1. The molecule has 1 N–H and O–H groups in total. The number of methoxy groups -OCH3 is 1. The van der Waals surface area contributed by atoms with Crippen LogP contribution in [0, 0.1) is 0 Å². The molecule has 0 saturated heterocycles. The van der Waals surface area contributed by atoms with Crippen molar-refractivity contribution < 1.29 is 13.5 Å². The van der Waals surface area contributed by atoms with Crippen LogP contribution in [0.1, 0.15) is 5.82 Å². The van der Waals surface area contributed by atoms with Gasteiger partial charge in [0.15, 0.2) is 11.1 Å². The maximum absolute atomic E-state index is 10.4. The lowest BCUT2D eigenvalue weighted by Gasteiger charge is -1.99. The summed E-state index contributed by atoms with van der Waals surface area (Å²) in [7, 11) is 1.47. The third-order valence-electron chi connectivity index (χ3n) is 1.14. The molecule has 1 heterocycles. The van der Waals surface area contributed by atoms with Gasteiger partial charge in [0.05, 0.1) is 7.11 Å². The van der Waals surface area contributed by atoms with Gasteiger partial charge in [0.2, 0.25) is 5.88 Å². The van der Waals surface area contributed by atoms with Crippen molar-refractivity contribution in [2.45, 2.75) is 5.75 Å². The minimum atomic E-state index is -1.91. The van der Waals surface area contributed by atoms with Crippen LogP contribution in [0.2, 0.25) is 0 Å². The predicted octanol–water partition coefficient (Wildman–Crippen LogP) is 0.207. The van der Waals surface area contributed by atoms with E-state index >= 15 is 0 Å². The fourth-order valence-corrected chi connectivity index (χ4v) is 1.03. The highest BCUT2D eigenvalue weighted by atomic mass is 32.2. The van der Waals surface area contributed by atoms with Gasteiger partial charge in [-0.25, -0.2) is 9.19 Å². The van der Waals surface area contributed by atoms with E-state index in [2.05, 4.69) is 9.97 Å². The first-order valence-corrected chi connectivity index (χ1v) is 4.43. The molecule has 0 aliphatic heterocycles. The maximum Gasteiger partial charge on any atom is 0.216 e. The van der Waals surface area contributed by atoms with Crippen LogP contribution < -0.4 is 4.74 Å². The predicted molar refractivity (Wildman–Crippen MR) is 43.1 cm³/mol. The molecule has 0 amide bonds. The van der Waals surface area contributed by atoms with E-state index in [0.29, 0.717) is 11.7 Å². The summed E-state index contributed by atoms with van der Waals surface area (Å²) in [4.78, 5) is 7.63. The van der Waals surface area contributed by atoms with E-state index in [-0.39, 0.29) is 5.75 Å². The number of aromatic nitrogens is 2. The molecule has 1 rings (SSSR count). The van der Waals surface area contributed by atoms with Gasteiger partial charge in [0.25, 0.3) is 0 Å². The fourth-order valence-electron chi connectivity index (χ4n) is 0.674. The lowest BCUT2D eigenvalue weighted by molar-refractivity contribution is 0.395. The van der Waals surface area contributed by atoms with Crippen LogP contribution in [0.15, 0.2) is 12.3 Å². The van der Waals surface area contributed by atoms with Gasteiger partial charge in [0, 0.05) is 12.3 Å². The van der Waals surface area contributed by atoms with Gasteiger partial charge in [-0.2, -0.15) is 4.98 Å². The Bertz CT molecular complexity index is 292. The van der Waals surface area contributed by atoms with Crippen LogP contribution in [0.25, 0.3) is 0 Å². The van der Waals surface area contributed by atoms with E-state index in [1.807, 2.05) is 0 Å². The van der Waals surface area contributed by atoms with Gasteiger partial charge in [-0.15, -0.1) is 0 Å². The quantitative estimate of drug-likeness (QED) is 0.686. The zero-order valence-corrected chi connectivity index (χ0v) is 7.24. The summed E-state index contributed by atoms with van der Waals surface area (Å²) in [5.41, 5.74) is 0. The average molecular weight is 188 g/mol. The molecule has 0 aliphatic rings. The topological polar surface area (TPSA) is 72.3 Å². The molecular formula is C6H8N2O3S. The molecule has 1 aromatic heterocycles. The largest absolute Gasteiger partial charge is 0.481 e. The number of rotatable bonds is 3. The molecule has 1 atom stereocenters.